The molecule has 156 valence electrons. The van der Waals surface area contributed by atoms with E-state index >= 15 is 0 Å². The van der Waals surface area contributed by atoms with Gasteiger partial charge in [0.1, 0.15) is 24.7 Å². The molecule has 1 N–H and O–H groups in total. The molecule has 0 unspecified atom stereocenters. The van der Waals surface area contributed by atoms with Crippen LogP contribution in [0, 0.1) is 0 Å². The Morgan fingerprint density at radius 1 is 0.966 bits per heavy atom. The number of ether oxygens (including phenoxy) is 5. The molecule has 2 aromatic rings. The third-order valence-electron chi connectivity index (χ3n) is 3.75. The van der Waals surface area contributed by atoms with E-state index < -0.39 is 12.1 Å². The maximum Gasteiger partial charge on any atom is 0.412 e. The van der Waals surface area contributed by atoms with Crippen LogP contribution in [0.5, 0.6) is 11.5 Å². The summed E-state index contributed by atoms with van der Waals surface area (Å²) in [6.45, 7) is 5.06. The average Bonchev–Trinajstić information content (AvgIpc) is 2.74. The summed E-state index contributed by atoms with van der Waals surface area (Å²) >= 11 is 0. The van der Waals surface area contributed by atoms with E-state index in [1.807, 2.05) is 24.3 Å². The first-order chi connectivity index (χ1) is 14.2. The highest BCUT2D eigenvalue weighted by molar-refractivity contribution is 5.94. The van der Waals surface area contributed by atoms with Gasteiger partial charge in [-0.3, -0.25) is 0 Å². The summed E-state index contributed by atoms with van der Waals surface area (Å²) in [6, 6.07) is 10.9. The first-order valence-electron chi connectivity index (χ1n) is 9.11. The van der Waals surface area contributed by atoms with Crippen LogP contribution < -0.4 is 14.8 Å². The van der Waals surface area contributed by atoms with Crippen molar-refractivity contribution in [2.75, 3.05) is 46.7 Å². The molecule has 0 bridgehead atoms. The SMILES string of the molecule is C=CC(=O)OCCOCCNC(=O)Oc1ccc(OCCOC)c2ccccc12. The second-order valence-electron chi connectivity index (χ2n) is 5.75. The molecule has 0 aliphatic heterocycles. The molecule has 2 rings (SSSR count). The van der Waals surface area contributed by atoms with Gasteiger partial charge in [-0.05, 0) is 12.1 Å². The molecule has 0 aliphatic carbocycles. The average molecular weight is 403 g/mol. The number of hydrogen-bond donors (Lipinski definition) is 1. The van der Waals surface area contributed by atoms with Gasteiger partial charge in [-0.2, -0.15) is 0 Å². The molecular formula is C21H25NO7. The third kappa shape index (κ3) is 7.44. The predicted molar refractivity (Wildman–Crippen MR) is 107 cm³/mol. The van der Waals surface area contributed by atoms with Crippen molar-refractivity contribution in [1.29, 1.82) is 0 Å². The molecule has 0 aliphatic rings. The Morgan fingerprint density at radius 3 is 2.41 bits per heavy atom. The normalized spacial score (nSPS) is 10.4. The monoisotopic (exact) mass is 403 g/mol. The lowest BCUT2D eigenvalue weighted by Gasteiger charge is -2.13. The number of hydrogen-bond acceptors (Lipinski definition) is 7. The van der Waals surface area contributed by atoms with E-state index in [4.69, 9.17) is 23.7 Å². The second kappa shape index (κ2) is 12.4. The van der Waals surface area contributed by atoms with Gasteiger partial charge >= 0.3 is 12.1 Å². The van der Waals surface area contributed by atoms with Crippen LogP contribution in [-0.2, 0) is 19.0 Å². The maximum absolute atomic E-state index is 12.1. The fraction of sp³-hybridized carbons (Fsp3) is 0.333. The van der Waals surface area contributed by atoms with Gasteiger partial charge in [-0.1, -0.05) is 30.8 Å². The van der Waals surface area contributed by atoms with Crippen molar-refractivity contribution in [2.45, 2.75) is 0 Å². The molecule has 0 saturated heterocycles. The minimum Gasteiger partial charge on any atom is -0.491 e. The van der Waals surface area contributed by atoms with Crippen LogP contribution >= 0.6 is 0 Å². The zero-order chi connectivity index (χ0) is 20.9. The Balaban J connectivity index is 1.82. The molecule has 0 aromatic heterocycles. The molecule has 0 heterocycles. The lowest BCUT2D eigenvalue weighted by molar-refractivity contribution is -0.139. The van der Waals surface area contributed by atoms with Gasteiger partial charge in [0.25, 0.3) is 0 Å². The van der Waals surface area contributed by atoms with Gasteiger partial charge in [0.05, 0.1) is 19.8 Å². The van der Waals surface area contributed by atoms with Crippen molar-refractivity contribution in [2.24, 2.45) is 0 Å². The summed E-state index contributed by atoms with van der Waals surface area (Å²) < 4.78 is 26.2. The Kier molecular flexibility index (Phi) is 9.47. The summed E-state index contributed by atoms with van der Waals surface area (Å²) in [7, 11) is 1.61. The van der Waals surface area contributed by atoms with Gasteiger partial charge in [-0.15, -0.1) is 0 Å². The lowest BCUT2D eigenvalue weighted by Crippen LogP contribution is -2.30. The first-order valence-corrected chi connectivity index (χ1v) is 9.11. The quantitative estimate of drug-likeness (QED) is 0.331. The lowest BCUT2D eigenvalue weighted by atomic mass is 10.1. The van der Waals surface area contributed by atoms with Crippen molar-refractivity contribution in [1.82, 2.24) is 5.32 Å². The fourth-order valence-electron chi connectivity index (χ4n) is 2.42. The van der Waals surface area contributed by atoms with Crippen molar-refractivity contribution < 1.29 is 33.3 Å². The summed E-state index contributed by atoms with van der Waals surface area (Å²) in [5.41, 5.74) is 0. The summed E-state index contributed by atoms with van der Waals surface area (Å²) in [4.78, 5) is 22.9. The van der Waals surface area contributed by atoms with Crippen LogP contribution in [0.15, 0.2) is 49.1 Å². The van der Waals surface area contributed by atoms with Gasteiger partial charge in [-0.25, -0.2) is 9.59 Å². The molecular weight excluding hydrogens is 378 g/mol. The topological polar surface area (TPSA) is 92.3 Å². The van der Waals surface area contributed by atoms with E-state index in [9.17, 15) is 9.59 Å². The number of amides is 1. The van der Waals surface area contributed by atoms with Gasteiger partial charge in [0.15, 0.2) is 0 Å². The Morgan fingerprint density at radius 2 is 1.69 bits per heavy atom. The zero-order valence-electron chi connectivity index (χ0n) is 16.3. The fourth-order valence-corrected chi connectivity index (χ4v) is 2.42. The maximum atomic E-state index is 12.1. The molecule has 0 fully saturated rings. The van der Waals surface area contributed by atoms with Crippen LogP contribution in [0.4, 0.5) is 4.79 Å². The highest BCUT2D eigenvalue weighted by atomic mass is 16.6. The molecule has 0 spiro atoms. The van der Waals surface area contributed by atoms with Crippen LogP contribution in [0.3, 0.4) is 0 Å². The van der Waals surface area contributed by atoms with Gasteiger partial charge in [0, 0.05) is 30.5 Å². The Bertz CT molecular complexity index is 822. The van der Waals surface area contributed by atoms with Crippen molar-refractivity contribution >= 4 is 22.8 Å². The molecule has 1 amide bonds. The Labute approximate surface area is 169 Å². The van der Waals surface area contributed by atoms with E-state index in [0.717, 1.165) is 16.8 Å². The smallest absolute Gasteiger partial charge is 0.412 e. The predicted octanol–water partition coefficient (Wildman–Crippen LogP) is 2.70. The van der Waals surface area contributed by atoms with Crippen molar-refractivity contribution in [3.8, 4) is 11.5 Å². The number of methoxy groups -OCH3 is 1. The standard InChI is InChI=1S/C21H25NO7/c1-3-20(23)28-15-13-26-11-10-22-21(24)29-19-9-8-18(27-14-12-25-2)16-6-4-5-7-17(16)19/h3-9H,1,10-15H2,2H3,(H,22,24). The molecule has 2 aromatic carbocycles. The van der Waals surface area contributed by atoms with E-state index in [2.05, 4.69) is 11.9 Å². The third-order valence-corrected chi connectivity index (χ3v) is 3.75. The molecule has 29 heavy (non-hydrogen) atoms. The summed E-state index contributed by atoms with van der Waals surface area (Å²) in [6.07, 6.45) is 0.490. The van der Waals surface area contributed by atoms with Crippen LogP contribution in [0.2, 0.25) is 0 Å². The van der Waals surface area contributed by atoms with Crippen LogP contribution in [0.1, 0.15) is 0 Å². The van der Waals surface area contributed by atoms with Gasteiger partial charge < -0.3 is 29.0 Å². The van der Waals surface area contributed by atoms with Crippen LogP contribution in [-0.4, -0.2) is 58.8 Å². The molecule has 8 heteroatoms. The van der Waals surface area contributed by atoms with E-state index in [1.54, 1.807) is 19.2 Å². The molecule has 0 radical (unpaired) electrons. The zero-order valence-corrected chi connectivity index (χ0v) is 16.3. The molecule has 0 saturated carbocycles. The summed E-state index contributed by atoms with van der Waals surface area (Å²) in [5.74, 6) is 0.614. The number of carbonyl (C=O) groups is 2. The van der Waals surface area contributed by atoms with Crippen molar-refractivity contribution in [3.05, 3.63) is 49.1 Å². The molecule has 0 atom stereocenters. The second-order valence-corrected chi connectivity index (χ2v) is 5.75. The number of esters is 1. The molecule has 8 nitrogen and oxygen atoms in total. The minimum absolute atomic E-state index is 0.125. The minimum atomic E-state index is -0.593. The highest BCUT2D eigenvalue weighted by Gasteiger charge is 2.11. The first kappa shape index (κ1) is 22.2. The highest BCUT2D eigenvalue weighted by Crippen LogP contribution is 2.33. The number of fused-ring (bicyclic) bond motifs is 1. The van der Waals surface area contributed by atoms with E-state index in [0.29, 0.717) is 24.7 Å². The largest absolute Gasteiger partial charge is 0.491 e. The number of carbonyl (C=O) groups excluding carboxylic acids is 2. The van der Waals surface area contributed by atoms with Gasteiger partial charge in [0.2, 0.25) is 0 Å². The van der Waals surface area contributed by atoms with Crippen molar-refractivity contribution in [3.63, 3.8) is 0 Å². The number of nitrogens with one attached hydrogen (secondary N) is 1. The van der Waals surface area contributed by atoms with E-state index in [-0.39, 0.29) is 26.4 Å². The van der Waals surface area contributed by atoms with Crippen LogP contribution in [0.25, 0.3) is 10.8 Å². The number of benzene rings is 2. The Hall–Kier alpha value is -3.10. The van der Waals surface area contributed by atoms with E-state index in [1.165, 1.54) is 0 Å². The number of rotatable bonds is 12. The summed E-state index contributed by atoms with van der Waals surface area (Å²) in [5, 5.41) is 4.21.